The Kier molecular flexibility index (Phi) is 8.23. The van der Waals surface area contributed by atoms with Gasteiger partial charge >= 0.3 is 0 Å². The Labute approximate surface area is 187 Å². The highest BCUT2D eigenvalue weighted by molar-refractivity contribution is 6.27. The molecule has 0 saturated heterocycles. The molecule has 7 nitrogen and oxygen atoms in total. The number of nitrogens with one attached hydrogen (secondary N) is 1. The fourth-order valence-corrected chi connectivity index (χ4v) is 4.15. The van der Waals surface area contributed by atoms with Crippen molar-refractivity contribution in [2.45, 2.75) is 50.7 Å². The van der Waals surface area contributed by atoms with Crippen molar-refractivity contribution in [3.63, 3.8) is 0 Å². The van der Waals surface area contributed by atoms with Gasteiger partial charge in [0.1, 0.15) is 17.7 Å². The number of alkyl halides is 1. The number of methoxy groups -OCH3 is 2. The predicted octanol–water partition coefficient (Wildman–Crippen LogP) is 4.05. The molecule has 31 heavy (non-hydrogen) atoms. The maximum absolute atomic E-state index is 13.5. The molecule has 2 aromatic rings. The van der Waals surface area contributed by atoms with E-state index in [2.05, 4.69) is 5.32 Å². The lowest BCUT2D eigenvalue weighted by molar-refractivity contribution is -0.140. The smallest absolute Gasteiger partial charge is 0.247 e. The quantitative estimate of drug-likeness (QED) is 0.585. The Morgan fingerprint density at radius 1 is 1.16 bits per heavy atom. The lowest BCUT2D eigenvalue weighted by atomic mass is 9.94. The minimum Gasteiger partial charge on any atom is -0.493 e. The Bertz CT molecular complexity index is 865. The van der Waals surface area contributed by atoms with E-state index >= 15 is 0 Å². The summed E-state index contributed by atoms with van der Waals surface area (Å²) in [6.07, 6.45) is 6.76. The van der Waals surface area contributed by atoms with Crippen LogP contribution in [0.1, 0.15) is 49.5 Å². The zero-order chi connectivity index (χ0) is 22.2. The summed E-state index contributed by atoms with van der Waals surface area (Å²) in [5.41, 5.74) is 0.607. The third kappa shape index (κ3) is 5.73. The first-order valence-corrected chi connectivity index (χ1v) is 11.0. The normalized spacial score (nSPS) is 15.2. The van der Waals surface area contributed by atoms with Crippen LogP contribution in [0.2, 0.25) is 0 Å². The van der Waals surface area contributed by atoms with Gasteiger partial charge in [-0.15, -0.1) is 11.6 Å². The monoisotopic (exact) mass is 448 g/mol. The van der Waals surface area contributed by atoms with Gasteiger partial charge in [-0.1, -0.05) is 25.3 Å². The number of halogens is 1. The Hall–Kier alpha value is -2.67. The van der Waals surface area contributed by atoms with Gasteiger partial charge in [-0.2, -0.15) is 0 Å². The molecule has 1 heterocycles. The molecule has 1 aliphatic carbocycles. The second kappa shape index (κ2) is 11.1. The van der Waals surface area contributed by atoms with Gasteiger partial charge in [0, 0.05) is 6.04 Å². The van der Waals surface area contributed by atoms with Crippen molar-refractivity contribution in [2.75, 3.05) is 20.1 Å². The van der Waals surface area contributed by atoms with E-state index in [0.29, 0.717) is 22.8 Å². The molecular weight excluding hydrogens is 420 g/mol. The molecule has 3 rings (SSSR count). The van der Waals surface area contributed by atoms with Crippen LogP contribution in [0, 0.1) is 0 Å². The summed E-state index contributed by atoms with van der Waals surface area (Å²) < 4.78 is 16.2. The Morgan fingerprint density at radius 2 is 1.90 bits per heavy atom. The van der Waals surface area contributed by atoms with Crippen LogP contribution in [0.25, 0.3) is 0 Å². The Morgan fingerprint density at radius 3 is 2.52 bits per heavy atom. The van der Waals surface area contributed by atoms with E-state index in [1.807, 2.05) is 0 Å². The van der Waals surface area contributed by atoms with E-state index in [4.69, 9.17) is 25.5 Å². The van der Waals surface area contributed by atoms with E-state index in [0.717, 1.165) is 25.7 Å². The first kappa shape index (κ1) is 23.0. The molecule has 1 aromatic carbocycles. The van der Waals surface area contributed by atoms with Crippen molar-refractivity contribution in [1.82, 2.24) is 10.2 Å². The van der Waals surface area contributed by atoms with Crippen molar-refractivity contribution in [3.8, 4) is 11.5 Å². The van der Waals surface area contributed by atoms with Crippen molar-refractivity contribution in [2.24, 2.45) is 0 Å². The van der Waals surface area contributed by atoms with Gasteiger partial charge in [-0.3, -0.25) is 9.59 Å². The van der Waals surface area contributed by atoms with E-state index in [1.54, 1.807) is 37.4 Å². The number of furan rings is 1. The van der Waals surface area contributed by atoms with Crippen molar-refractivity contribution in [3.05, 3.63) is 47.9 Å². The van der Waals surface area contributed by atoms with Crippen molar-refractivity contribution < 1.29 is 23.5 Å². The van der Waals surface area contributed by atoms with Crippen molar-refractivity contribution in [1.29, 1.82) is 0 Å². The molecule has 1 atom stereocenters. The first-order chi connectivity index (χ1) is 15.1. The van der Waals surface area contributed by atoms with Gasteiger partial charge in [0.15, 0.2) is 11.5 Å². The zero-order valence-corrected chi connectivity index (χ0v) is 18.7. The highest BCUT2D eigenvalue weighted by atomic mass is 35.5. The van der Waals surface area contributed by atoms with Crippen LogP contribution in [0.5, 0.6) is 11.5 Å². The Balaban J connectivity index is 1.98. The molecule has 1 aliphatic rings. The standard InChI is InChI=1S/C23H29ClN2O5/c1-29-19-11-10-16(13-20(19)30-2)22(23(28)25-17-7-4-3-5-8-17)26(21(27)14-24)15-18-9-6-12-31-18/h6,9-13,17,22H,3-5,7-8,14-15H2,1-2H3,(H,25,28). The third-order valence-electron chi connectivity index (χ3n) is 5.58. The number of hydrogen-bond acceptors (Lipinski definition) is 5. The van der Waals surface area contributed by atoms with Crippen LogP contribution >= 0.6 is 11.6 Å². The van der Waals surface area contributed by atoms with Gasteiger partial charge < -0.3 is 24.1 Å². The van der Waals surface area contributed by atoms with Gasteiger partial charge in [0.2, 0.25) is 11.8 Å². The molecular formula is C23H29ClN2O5. The summed E-state index contributed by atoms with van der Waals surface area (Å²) in [6.45, 7) is 0.121. The summed E-state index contributed by atoms with van der Waals surface area (Å²) in [4.78, 5) is 27.8. The minimum absolute atomic E-state index is 0.0976. The molecule has 2 amide bonds. The highest BCUT2D eigenvalue weighted by Gasteiger charge is 2.33. The molecule has 1 saturated carbocycles. The number of carbonyl (C=O) groups is 2. The molecule has 1 N–H and O–H groups in total. The minimum atomic E-state index is -0.891. The van der Waals surface area contributed by atoms with Crippen LogP contribution in [0.15, 0.2) is 41.0 Å². The molecule has 0 radical (unpaired) electrons. The average Bonchev–Trinajstić information content (AvgIpc) is 3.31. The SMILES string of the molecule is COc1ccc(C(C(=O)NC2CCCCC2)N(Cc2ccco2)C(=O)CCl)cc1OC. The van der Waals surface area contributed by atoms with E-state index < -0.39 is 6.04 Å². The molecule has 168 valence electrons. The number of carbonyl (C=O) groups excluding carboxylic acids is 2. The summed E-state index contributed by atoms with van der Waals surface area (Å²) in [5, 5.41) is 3.14. The van der Waals surface area contributed by atoms with Crippen LogP contribution < -0.4 is 14.8 Å². The van der Waals surface area contributed by atoms with E-state index in [9.17, 15) is 9.59 Å². The fourth-order valence-electron chi connectivity index (χ4n) is 3.99. The van der Waals surface area contributed by atoms with Gasteiger partial charge in [0.25, 0.3) is 0 Å². The fraction of sp³-hybridized carbons (Fsp3) is 0.478. The summed E-state index contributed by atoms with van der Waals surface area (Å²) in [7, 11) is 3.08. The summed E-state index contributed by atoms with van der Waals surface area (Å²) >= 11 is 5.92. The van der Waals surface area contributed by atoms with Gasteiger partial charge in [0.05, 0.1) is 27.0 Å². The predicted molar refractivity (Wildman–Crippen MR) is 117 cm³/mol. The van der Waals surface area contributed by atoms with Crippen molar-refractivity contribution >= 4 is 23.4 Å². The maximum Gasteiger partial charge on any atom is 0.247 e. The largest absolute Gasteiger partial charge is 0.493 e. The van der Waals surface area contributed by atoms with Gasteiger partial charge in [-0.05, 0) is 42.7 Å². The van der Waals surface area contributed by atoms with E-state index in [1.165, 1.54) is 24.7 Å². The second-order valence-corrected chi connectivity index (χ2v) is 7.86. The van der Waals surface area contributed by atoms with Crippen LogP contribution in [-0.2, 0) is 16.1 Å². The number of hydrogen-bond donors (Lipinski definition) is 1. The number of benzene rings is 1. The summed E-state index contributed by atoms with van der Waals surface area (Å²) in [5.74, 6) is 0.724. The second-order valence-electron chi connectivity index (χ2n) is 7.60. The number of rotatable bonds is 9. The van der Waals surface area contributed by atoms with Crippen LogP contribution in [-0.4, -0.2) is 42.9 Å². The number of amides is 2. The topological polar surface area (TPSA) is 81.0 Å². The third-order valence-corrected chi connectivity index (χ3v) is 5.80. The molecule has 1 unspecified atom stereocenters. The molecule has 0 bridgehead atoms. The molecule has 1 fully saturated rings. The summed E-state index contributed by atoms with van der Waals surface area (Å²) in [6, 6.07) is 7.93. The molecule has 0 aliphatic heterocycles. The average molecular weight is 449 g/mol. The van der Waals surface area contributed by atoms with E-state index in [-0.39, 0.29) is 30.3 Å². The molecule has 0 spiro atoms. The lowest BCUT2D eigenvalue weighted by Crippen LogP contribution is -2.47. The van der Waals surface area contributed by atoms with Crippen LogP contribution in [0.4, 0.5) is 0 Å². The highest BCUT2D eigenvalue weighted by Crippen LogP contribution is 2.33. The molecule has 8 heteroatoms. The maximum atomic E-state index is 13.5. The van der Waals surface area contributed by atoms with Gasteiger partial charge in [-0.25, -0.2) is 0 Å². The van der Waals surface area contributed by atoms with Crippen LogP contribution in [0.3, 0.4) is 0 Å². The first-order valence-electron chi connectivity index (χ1n) is 10.5. The number of nitrogens with zero attached hydrogens (tertiary/aromatic N) is 1. The zero-order valence-electron chi connectivity index (χ0n) is 17.9. The number of ether oxygens (including phenoxy) is 2. The molecule has 1 aromatic heterocycles. The lowest BCUT2D eigenvalue weighted by Gasteiger charge is -2.33.